The van der Waals surface area contributed by atoms with Crippen LogP contribution in [0.15, 0.2) is 59.9 Å². The van der Waals surface area contributed by atoms with E-state index >= 15 is 0 Å². The van der Waals surface area contributed by atoms with Crippen LogP contribution in [-0.4, -0.2) is 33.4 Å². The van der Waals surface area contributed by atoms with Gasteiger partial charge in [0.2, 0.25) is 0 Å². The van der Waals surface area contributed by atoms with E-state index in [2.05, 4.69) is 9.98 Å². The summed E-state index contributed by atoms with van der Waals surface area (Å²) in [6, 6.07) is 9.95. The maximum atomic E-state index is 12.8. The first-order valence-electron chi connectivity index (χ1n) is 8.36. The van der Waals surface area contributed by atoms with Crippen molar-refractivity contribution in [3.05, 3.63) is 71.6 Å². The summed E-state index contributed by atoms with van der Waals surface area (Å²) in [4.78, 5) is 10.7. The van der Waals surface area contributed by atoms with E-state index < -0.39 is 12.0 Å². The molecule has 4 nitrogen and oxygen atoms in total. The van der Waals surface area contributed by atoms with Crippen LogP contribution in [0.5, 0.6) is 0 Å². The Morgan fingerprint density at radius 2 is 1.92 bits per heavy atom. The molecule has 0 amide bonds. The van der Waals surface area contributed by atoms with Gasteiger partial charge in [-0.15, -0.1) is 0 Å². The van der Waals surface area contributed by atoms with Crippen molar-refractivity contribution in [3.8, 4) is 0 Å². The van der Waals surface area contributed by atoms with Crippen molar-refractivity contribution in [2.75, 3.05) is 6.54 Å². The molecule has 1 aliphatic rings. The van der Waals surface area contributed by atoms with E-state index in [1.807, 2.05) is 23.1 Å². The Morgan fingerprint density at radius 3 is 2.50 bits per heavy atom. The number of alkyl halides is 2. The van der Waals surface area contributed by atoms with Crippen LogP contribution in [-0.2, 0) is 0 Å². The van der Waals surface area contributed by atoms with Crippen LogP contribution < -0.4 is 0 Å². The van der Waals surface area contributed by atoms with Crippen molar-refractivity contribution < 1.29 is 13.9 Å². The number of allylic oxidation sites excluding steroid dienone is 1. The van der Waals surface area contributed by atoms with Gasteiger partial charge in [-0.1, -0.05) is 30.3 Å². The van der Waals surface area contributed by atoms with Gasteiger partial charge in [0.25, 0.3) is 6.43 Å². The second-order valence-corrected chi connectivity index (χ2v) is 6.87. The summed E-state index contributed by atoms with van der Waals surface area (Å²) in [7, 11) is 0. The number of halogens is 2. The zero-order chi connectivity index (χ0) is 18.7. The predicted molar refractivity (Wildman–Crippen MR) is 97.8 cm³/mol. The summed E-state index contributed by atoms with van der Waals surface area (Å²) >= 11 is 0. The zero-order valence-electron chi connectivity index (χ0n) is 14.7. The third-order valence-corrected chi connectivity index (χ3v) is 4.06. The molecule has 0 aliphatic carbocycles. The molecule has 1 aromatic carbocycles. The lowest BCUT2D eigenvalue weighted by atomic mass is 10.0. The lowest BCUT2D eigenvalue weighted by Gasteiger charge is -2.38. The third kappa shape index (κ3) is 4.14. The Morgan fingerprint density at radius 1 is 1.19 bits per heavy atom. The molecule has 1 N–H and O–H groups in total. The lowest BCUT2D eigenvalue weighted by molar-refractivity contribution is 0.0431. The number of aliphatic imine (C=N–C) groups is 1. The van der Waals surface area contributed by atoms with Gasteiger partial charge in [0, 0.05) is 42.0 Å². The van der Waals surface area contributed by atoms with Crippen LogP contribution in [0.1, 0.15) is 43.1 Å². The van der Waals surface area contributed by atoms with E-state index in [1.165, 1.54) is 12.1 Å². The Bertz CT molecular complexity index is 796. The second kappa shape index (κ2) is 7.33. The van der Waals surface area contributed by atoms with Gasteiger partial charge in [-0.2, -0.15) is 0 Å². The van der Waals surface area contributed by atoms with Crippen molar-refractivity contribution in [1.82, 2.24) is 9.88 Å². The number of hydrogen-bond acceptors (Lipinski definition) is 4. The third-order valence-electron chi connectivity index (χ3n) is 4.06. The molecule has 2 heterocycles. The van der Waals surface area contributed by atoms with Crippen LogP contribution >= 0.6 is 0 Å². The van der Waals surface area contributed by atoms with Crippen LogP contribution in [0.4, 0.5) is 8.78 Å². The minimum Gasteiger partial charge on any atom is -0.389 e. The summed E-state index contributed by atoms with van der Waals surface area (Å²) in [5, 5.41) is 10.4. The average molecular weight is 357 g/mol. The fraction of sp³-hybridized carbons (Fsp3) is 0.300. The summed E-state index contributed by atoms with van der Waals surface area (Å²) in [6.45, 7) is 3.78. The summed E-state index contributed by atoms with van der Waals surface area (Å²) in [5.74, 6) is 0. The SMILES string of the molecule is CC(C)(O)CN1C(c2ccc(C(F)F)cc2)=CC=NC1c1cccnc1. The Labute approximate surface area is 151 Å². The fourth-order valence-electron chi connectivity index (χ4n) is 2.95. The number of β-amino-alcohol motifs (C(OH)–C–C–N with tert-alkyl or cyclic N) is 1. The quantitative estimate of drug-likeness (QED) is 0.872. The monoisotopic (exact) mass is 357 g/mol. The molecule has 6 heteroatoms. The molecule has 0 radical (unpaired) electrons. The van der Waals surface area contributed by atoms with Crippen LogP contribution in [0, 0.1) is 0 Å². The van der Waals surface area contributed by atoms with Gasteiger partial charge in [0.05, 0.1) is 5.60 Å². The molecular formula is C20H21F2N3O. The largest absolute Gasteiger partial charge is 0.389 e. The first kappa shape index (κ1) is 18.2. The molecule has 26 heavy (non-hydrogen) atoms. The maximum absolute atomic E-state index is 12.8. The number of nitrogens with zero attached hydrogens (tertiary/aromatic N) is 3. The molecule has 1 atom stereocenters. The van der Waals surface area contributed by atoms with Gasteiger partial charge in [-0.25, -0.2) is 8.78 Å². The summed E-state index contributed by atoms with van der Waals surface area (Å²) in [6.07, 6.45) is 4.12. The molecule has 1 unspecified atom stereocenters. The Kier molecular flexibility index (Phi) is 5.13. The summed E-state index contributed by atoms with van der Waals surface area (Å²) < 4.78 is 25.7. The Balaban J connectivity index is 1.99. The zero-order valence-corrected chi connectivity index (χ0v) is 14.7. The highest BCUT2D eigenvalue weighted by atomic mass is 19.3. The molecule has 0 bridgehead atoms. The van der Waals surface area contributed by atoms with Crippen LogP contribution in [0.2, 0.25) is 0 Å². The van der Waals surface area contributed by atoms with Gasteiger partial charge in [0.1, 0.15) is 6.17 Å². The molecule has 3 rings (SSSR count). The molecule has 0 spiro atoms. The molecule has 1 aliphatic heterocycles. The van der Waals surface area contributed by atoms with Crippen molar-refractivity contribution in [2.24, 2.45) is 4.99 Å². The molecule has 0 saturated heterocycles. The maximum Gasteiger partial charge on any atom is 0.263 e. The van der Waals surface area contributed by atoms with Gasteiger partial charge in [-0.3, -0.25) is 9.98 Å². The van der Waals surface area contributed by atoms with E-state index in [0.717, 1.165) is 16.8 Å². The smallest absolute Gasteiger partial charge is 0.263 e. The van der Waals surface area contributed by atoms with Crippen molar-refractivity contribution in [2.45, 2.75) is 32.0 Å². The highest BCUT2D eigenvalue weighted by Gasteiger charge is 2.29. The summed E-state index contributed by atoms with van der Waals surface area (Å²) in [5.41, 5.74) is 1.52. The highest BCUT2D eigenvalue weighted by molar-refractivity contribution is 5.86. The number of aromatic nitrogens is 1. The lowest BCUT2D eigenvalue weighted by Crippen LogP contribution is -2.40. The number of rotatable bonds is 5. The van der Waals surface area contributed by atoms with E-state index in [0.29, 0.717) is 6.54 Å². The van der Waals surface area contributed by atoms with E-state index in [1.54, 1.807) is 44.6 Å². The standard InChI is InChI=1S/C20H21F2N3O/c1-20(2,26)13-25-17(14-5-7-15(8-6-14)18(21)22)9-11-24-19(25)16-4-3-10-23-12-16/h3-12,18-19,26H,13H2,1-2H3. The predicted octanol–water partition coefficient (Wildman–Crippen LogP) is 4.22. The normalized spacial score (nSPS) is 17.5. The first-order valence-corrected chi connectivity index (χ1v) is 8.36. The van der Waals surface area contributed by atoms with Crippen molar-refractivity contribution in [1.29, 1.82) is 0 Å². The van der Waals surface area contributed by atoms with Crippen LogP contribution in [0.25, 0.3) is 5.70 Å². The number of hydrogen-bond donors (Lipinski definition) is 1. The number of pyridine rings is 1. The molecule has 0 fully saturated rings. The fourth-order valence-corrected chi connectivity index (χ4v) is 2.95. The number of aliphatic hydroxyl groups is 1. The molecular weight excluding hydrogens is 336 g/mol. The van der Waals surface area contributed by atoms with Crippen LogP contribution in [0.3, 0.4) is 0 Å². The van der Waals surface area contributed by atoms with Gasteiger partial charge >= 0.3 is 0 Å². The molecule has 1 aromatic heterocycles. The molecule has 2 aromatic rings. The van der Waals surface area contributed by atoms with Gasteiger partial charge in [-0.05, 0) is 31.6 Å². The van der Waals surface area contributed by atoms with Gasteiger partial charge < -0.3 is 10.0 Å². The topological polar surface area (TPSA) is 48.7 Å². The second-order valence-electron chi connectivity index (χ2n) is 6.87. The minimum absolute atomic E-state index is 0.0170. The van der Waals surface area contributed by atoms with E-state index in [4.69, 9.17) is 0 Å². The average Bonchev–Trinajstić information content (AvgIpc) is 2.61. The van der Waals surface area contributed by atoms with Gasteiger partial charge in [0.15, 0.2) is 0 Å². The van der Waals surface area contributed by atoms with E-state index in [-0.39, 0.29) is 11.7 Å². The van der Waals surface area contributed by atoms with E-state index in [9.17, 15) is 13.9 Å². The molecule has 136 valence electrons. The Hall–Kier alpha value is -2.60. The molecule has 0 saturated carbocycles. The first-order chi connectivity index (χ1) is 12.3. The van der Waals surface area contributed by atoms with Crippen molar-refractivity contribution in [3.63, 3.8) is 0 Å². The van der Waals surface area contributed by atoms with Crippen molar-refractivity contribution >= 4 is 11.9 Å². The highest BCUT2D eigenvalue weighted by Crippen LogP contribution is 2.34. The number of benzene rings is 1. The minimum atomic E-state index is -2.50.